The van der Waals surface area contributed by atoms with Gasteiger partial charge in [-0.05, 0) is 24.0 Å². The topological polar surface area (TPSA) is 29.4 Å². The lowest BCUT2D eigenvalue weighted by molar-refractivity contribution is 0.255. The minimum atomic E-state index is -0.596. The summed E-state index contributed by atoms with van der Waals surface area (Å²) < 4.78 is 0. The molecule has 1 saturated carbocycles. The highest BCUT2D eigenvalue weighted by atomic mass is 16.3. The van der Waals surface area contributed by atoms with Crippen LogP contribution in [0.1, 0.15) is 42.7 Å². The molecule has 1 aliphatic rings. The molecule has 2 aromatic rings. The fourth-order valence-corrected chi connectivity index (χ4v) is 3.52. The Hall–Kier alpha value is -1.96. The lowest BCUT2D eigenvalue weighted by Crippen LogP contribution is -2.34. The van der Waals surface area contributed by atoms with Crippen LogP contribution in [0.15, 0.2) is 65.8 Å². The Labute approximate surface area is 119 Å². The van der Waals surface area contributed by atoms with Gasteiger partial charge in [0.15, 0.2) is 0 Å². The van der Waals surface area contributed by atoms with Crippen molar-refractivity contribution in [2.75, 3.05) is 0 Å². The predicted octanol–water partition coefficient (Wildman–Crippen LogP) is 5.01. The molecule has 3 rings (SSSR count). The maximum absolute atomic E-state index is 11.8. The molecule has 0 amide bonds. The second-order valence-corrected chi connectivity index (χ2v) is 5.59. The number of hydrogen-bond donors (Lipinski definition) is 0. The Morgan fingerprint density at radius 3 is 2.20 bits per heavy atom. The molecule has 0 aromatic heterocycles. The van der Waals surface area contributed by atoms with Crippen molar-refractivity contribution < 1.29 is 0 Å². The van der Waals surface area contributed by atoms with Crippen LogP contribution >= 0.6 is 0 Å². The van der Waals surface area contributed by atoms with Crippen molar-refractivity contribution in [2.45, 2.75) is 37.1 Å². The molecule has 0 spiro atoms. The first-order valence-corrected chi connectivity index (χ1v) is 7.32. The van der Waals surface area contributed by atoms with Crippen molar-refractivity contribution in [1.82, 2.24) is 0 Å². The van der Waals surface area contributed by atoms with E-state index in [-0.39, 0.29) is 5.92 Å². The molecule has 0 saturated heterocycles. The summed E-state index contributed by atoms with van der Waals surface area (Å²) >= 11 is 0. The van der Waals surface area contributed by atoms with E-state index in [2.05, 4.69) is 17.3 Å². The molecule has 20 heavy (non-hydrogen) atoms. The van der Waals surface area contributed by atoms with E-state index in [1.165, 1.54) is 12.0 Å². The second kappa shape index (κ2) is 5.58. The van der Waals surface area contributed by atoms with Crippen molar-refractivity contribution in [3.8, 4) is 0 Å². The molecule has 0 heterocycles. The molecule has 2 unspecified atom stereocenters. The van der Waals surface area contributed by atoms with Gasteiger partial charge in [0.25, 0.3) is 0 Å². The standard InChI is InChI=1S/C18H19NO/c20-19-18(16-11-5-2-6-12-16)14-8-7-13-17(18)15-9-3-1-4-10-15/h1-6,9-12,17H,7-8,13-14H2. The lowest BCUT2D eigenvalue weighted by Gasteiger charge is -2.39. The fraction of sp³-hybridized carbons (Fsp3) is 0.333. The first kappa shape index (κ1) is 13.0. The van der Waals surface area contributed by atoms with E-state index in [9.17, 15) is 4.91 Å². The largest absolute Gasteiger partial charge is 0.150 e. The van der Waals surface area contributed by atoms with Crippen molar-refractivity contribution in [3.63, 3.8) is 0 Å². The molecule has 1 fully saturated rings. The first-order valence-electron chi connectivity index (χ1n) is 7.32. The maximum atomic E-state index is 11.8. The normalized spacial score (nSPS) is 26.1. The number of benzene rings is 2. The van der Waals surface area contributed by atoms with Gasteiger partial charge < -0.3 is 0 Å². The fourth-order valence-electron chi connectivity index (χ4n) is 3.52. The van der Waals surface area contributed by atoms with Crippen LogP contribution in [0.2, 0.25) is 0 Å². The second-order valence-electron chi connectivity index (χ2n) is 5.59. The van der Waals surface area contributed by atoms with Crippen molar-refractivity contribution in [2.24, 2.45) is 5.18 Å². The van der Waals surface area contributed by atoms with Crippen LogP contribution in [-0.4, -0.2) is 0 Å². The third kappa shape index (κ3) is 2.15. The van der Waals surface area contributed by atoms with Gasteiger partial charge in [-0.1, -0.05) is 78.7 Å². The van der Waals surface area contributed by atoms with Crippen LogP contribution in [0.5, 0.6) is 0 Å². The molecular formula is C18H19NO. The van der Waals surface area contributed by atoms with E-state index in [1.54, 1.807) is 0 Å². The van der Waals surface area contributed by atoms with Crippen LogP contribution in [0, 0.1) is 4.91 Å². The molecule has 1 aliphatic carbocycles. The number of nitroso groups, excluding NO2 is 1. The molecule has 0 aliphatic heterocycles. The Kier molecular flexibility index (Phi) is 3.64. The van der Waals surface area contributed by atoms with Crippen molar-refractivity contribution in [1.29, 1.82) is 0 Å². The Morgan fingerprint density at radius 2 is 1.55 bits per heavy atom. The summed E-state index contributed by atoms with van der Waals surface area (Å²) in [5.74, 6) is 0.192. The van der Waals surface area contributed by atoms with Gasteiger partial charge in [0, 0.05) is 5.92 Å². The Balaban J connectivity index is 2.09. The van der Waals surface area contributed by atoms with Crippen LogP contribution in [-0.2, 0) is 5.54 Å². The number of hydrogen-bond acceptors (Lipinski definition) is 2. The summed E-state index contributed by atoms with van der Waals surface area (Å²) in [6, 6.07) is 20.4. The molecule has 102 valence electrons. The highest BCUT2D eigenvalue weighted by Gasteiger charge is 2.44. The quantitative estimate of drug-likeness (QED) is 0.717. The number of nitrogens with zero attached hydrogens (tertiary/aromatic N) is 1. The van der Waals surface area contributed by atoms with Gasteiger partial charge in [-0.25, -0.2) is 0 Å². The average Bonchev–Trinajstić information content (AvgIpc) is 2.56. The summed E-state index contributed by atoms with van der Waals surface area (Å²) in [5, 5.41) is 3.66. The van der Waals surface area contributed by atoms with E-state index in [4.69, 9.17) is 0 Å². The van der Waals surface area contributed by atoms with E-state index in [0.29, 0.717) is 0 Å². The molecule has 0 bridgehead atoms. The van der Waals surface area contributed by atoms with Crippen LogP contribution < -0.4 is 0 Å². The number of rotatable bonds is 3. The van der Waals surface area contributed by atoms with Crippen LogP contribution in [0.3, 0.4) is 0 Å². The molecule has 0 radical (unpaired) electrons. The third-order valence-electron chi connectivity index (χ3n) is 4.52. The van der Waals surface area contributed by atoms with Crippen LogP contribution in [0.4, 0.5) is 0 Å². The maximum Gasteiger partial charge on any atom is 0.134 e. The summed E-state index contributed by atoms with van der Waals surface area (Å²) in [6.45, 7) is 0. The zero-order chi connectivity index (χ0) is 13.8. The zero-order valence-electron chi connectivity index (χ0n) is 11.5. The van der Waals surface area contributed by atoms with Gasteiger partial charge in [-0.15, -0.1) is 4.91 Å². The molecule has 2 heteroatoms. The highest BCUT2D eigenvalue weighted by Crippen LogP contribution is 2.49. The van der Waals surface area contributed by atoms with E-state index >= 15 is 0 Å². The van der Waals surface area contributed by atoms with Crippen LogP contribution in [0.25, 0.3) is 0 Å². The van der Waals surface area contributed by atoms with Gasteiger partial charge in [-0.3, -0.25) is 0 Å². The zero-order valence-corrected chi connectivity index (χ0v) is 11.5. The molecule has 2 atom stereocenters. The Bertz CT molecular complexity index is 566. The lowest BCUT2D eigenvalue weighted by atomic mass is 9.67. The minimum absolute atomic E-state index is 0.192. The average molecular weight is 265 g/mol. The van der Waals surface area contributed by atoms with Gasteiger partial charge in [0.05, 0.1) is 0 Å². The molecular weight excluding hydrogens is 246 g/mol. The van der Waals surface area contributed by atoms with Gasteiger partial charge >= 0.3 is 0 Å². The molecule has 2 nitrogen and oxygen atoms in total. The van der Waals surface area contributed by atoms with Crippen molar-refractivity contribution >= 4 is 0 Å². The Morgan fingerprint density at radius 1 is 0.900 bits per heavy atom. The van der Waals surface area contributed by atoms with Gasteiger partial charge in [-0.2, -0.15) is 0 Å². The molecule has 2 aromatic carbocycles. The summed E-state index contributed by atoms with van der Waals surface area (Å²) in [7, 11) is 0. The van der Waals surface area contributed by atoms with E-state index < -0.39 is 5.54 Å². The summed E-state index contributed by atoms with van der Waals surface area (Å²) in [6.07, 6.45) is 4.12. The van der Waals surface area contributed by atoms with E-state index in [0.717, 1.165) is 24.8 Å². The third-order valence-corrected chi connectivity index (χ3v) is 4.52. The summed E-state index contributed by atoms with van der Waals surface area (Å²) in [4.78, 5) is 11.8. The SMILES string of the molecule is O=NC1(c2ccccc2)CCCCC1c1ccccc1. The van der Waals surface area contributed by atoms with E-state index in [1.807, 2.05) is 48.5 Å². The highest BCUT2D eigenvalue weighted by molar-refractivity contribution is 5.34. The summed E-state index contributed by atoms with van der Waals surface area (Å²) in [5.41, 5.74) is 1.69. The minimum Gasteiger partial charge on any atom is -0.150 e. The monoisotopic (exact) mass is 265 g/mol. The molecule has 0 N–H and O–H groups in total. The smallest absolute Gasteiger partial charge is 0.134 e. The van der Waals surface area contributed by atoms with Gasteiger partial charge in [0.2, 0.25) is 0 Å². The van der Waals surface area contributed by atoms with Crippen molar-refractivity contribution in [3.05, 3.63) is 76.7 Å². The predicted molar refractivity (Wildman–Crippen MR) is 81.6 cm³/mol. The first-order chi connectivity index (χ1) is 9.87. The van der Waals surface area contributed by atoms with Gasteiger partial charge in [0.1, 0.15) is 5.54 Å².